The predicted molar refractivity (Wildman–Crippen MR) is 115 cm³/mol. The molecule has 1 amide bonds. The monoisotopic (exact) mass is 387 g/mol. The number of carbonyl (C=O) groups is 1. The third-order valence-corrected chi connectivity index (χ3v) is 5.19. The summed E-state index contributed by atoms with van der Waals surface area (Å²) in [6.45, 7) is 3.71. The number of fused-ring (bicyclic) bond motifs is 1. The van der Waals surface area contributed by atoms with Gasteiger partial charge in [0.25, 0.3) is 5.91 Å². The van der Waals surface area contributed by atoms with Crippen LogP contribution in [-0.4, -0.2) is 28.9 Å². The van der Waals surface area contributed by atoms with Gasteiger partial charge in [0.2, 0.25) is 0 Å². The molecule has 0 spiro atoms. The molecule has 0 atom stereocenters. The Hall–Kier alpha value is -3.34. The van der Waals surface area contributed by atoms with Crippen LogP contribution in [0.25, 0.3) is 11.1 Å². The molecule has 0 fully saturated rings. The van der Waals surface area contributed by atoms with Crippen LogP contribution in [0.3, 0.4) is 0 Å². The summed E-state index contributed by atoms with van der Waals surface area (Å²) in [5.74, 6) is 1.35. The summed E-state index contributed by atoms with van der Waals surface area (Å²) in [6.07, 6.45) is 3.89. The first kappa shape index (κ1) is 19.0. The quantitative estimate of drug-likeness (QED) is 0.724. The normalized spacial score (nSPS) is 13.3. The Morgan fingerprint density at radius 1 is 1.10 bits per heavy atom. The maximum Gasteiger partial charge on any atom is 0.254 e. The molecule has 3 aromatic rings. The minimum absolute atomic E-state index is 0.0315. The molecule has 0 saturated carbocycles. The minimum atomic E-state index is 0.0315. The first-order valence-electron chi connectivity index (χ1n) is 10.00. The van der Waals surface area contributed by atoms with E-state index in [-0.39, 0.29) is 5.91 Å². The highest BCUT2D eigenvalue weighted by Gasteiger charge is 2.21. The number of amides is 1. The van der Waals surface area contributed by atoms with E-state index in [2.05, 4.69) is 18.0 Å². The van der Waals surface area contributed by atoms with Crippen LogP contribution in [0, 0.1) is 0 Å². The number of aromatic nitrogens is 1. The second-order valence-electron chi connectivity index (χ2n) is 7.32. The summed E-state index contributed by atoms with van der Waals surface area (Å²) >= 11 is 0. The lowest BCUT2D eigenvalue weighted by atomic mass is 10.0. The van der Waals surface area contributed by atoms with Gasteiger partial charge in [-0.2, -0.15) is 0 Å². The average Bonchev–Trinajstić information content (AvgIpc) is 2.96. The Morgan fingerprint density at radius 3 is 2.62 bits per heavy atom. The van der Waals surface area contributed by atoms with Crippen LogP contribution < -0.4 is 10.5 Å². The van der Waals surface area contributed by atoms with E-state index in [9.17, 15) is 4.79 Å². The average molecular weight is 387 g/mol. The van der Waals surface area contributed by atoms with Gasteiger partial charge >= 0.3 is 0 Å². The van der Waals surface area contributed by atoms with Crippen molar-refractivity contribution in [2.24, 2.45) is 0 Å². The zero-order valence-electron chi connectivity index (χ0n) is 16.6. The Balaban J connectivity index is 1.57. The molecule has 2 N–H and O–H groups in total. The summed E-state index contributed by atoms with van der Waals surface area (Å²) in [7, 11) is 0. The molecule has 0 aliphatic carbocycles. The zero-order valence-corrected chi connectivity index (χ0v) is 16.6. The molecule has 5 nitrogen and oxygen atoms in total. The maximum atomic E-state index is 13.1. The van der Waals surface area contributed by atoms with Crippen LogP contribution >= 0.6 is 0 Å². The Kier molecular flexibility index (Phi) is 5.47. The lowest BCUT2D eigenvalue weighted by Gasteiger charge is -2.20. The number of pyridine rings is 1. The number of ether oxygens (including phenoxy) is 1. The lowest BCUT2D eigenvalue weighted by molar-refractivity contribution is 0.0733. The molecule has 2 aromatic carbocycles. The van der Waals surface area contributed by atoms with Crippen molar-refractivity contribution in [1.82, 2.24) is 9.88 Å². The van der Waals surface area contributed by atoms with Crippen LogP contribution in [0.15, 0.2) is 60.8 Å². The van der Waals surface area contributed by atoms with Gasteiger partial charge in [-0.1, -0.05) is 31.5 Å². The van der Waals surface area contributed by atoms with Gasteiger partial charge in [0.15, 0.2) is 0 Å². The first-order valence-corrected chi connectivity index (χ1v) is 10.00. The highest BCUT2D eigenvalue weighted by atomic mass is 16.5. The summed E-state index contributed by atoms with van der Waals surface area (Å²) < 4.78 is 5.90. The number of anilines is 1. The van der Waals surface area contributed by atoms with E-state index in [0.29, 0.717) is 31.1 Å². The van der Waals surface area contributed by atoms with Gasteiger partial charge < -0.3 is 15.4 Å². The summed E-state index contributed by atoms with van der Waals surface area (Å²) in [6, 6.07) is 17.7. The number of hydrogen-bond acceptors (Lipinski definition) is 4. The van der Waals surface area contributed by atoms with Gasteiger partial charge in [0.1, 0.15) is 18.2 Å². The lowest BCUT2D eigenvalue weighted by Crippen LogP contribution is -2.32. The molecule has 29 heavy (non-hydrogen) atoms. The van der Waals surface area contributed by atoms with Crippen molar-refractivity contribution in [1.29, 1.82) is 0 Å². The second kappa shape index (κ2) is 8.35. The van der Waals surface area contributed by atoms with Crippen molar-refractivity contribution in [2.45, 2.75) is 26.3 Å². The van der Waals surface area contributed by atoms with Crippen molar-refractivity contribution in [2.75, 3.05) is 18.9 Å². The molecule has 4 rings (SSSR count). The van der Waals surface area contributed by atoms with Crippen molar-refractivity contribution in [3.63, 3.8) is 0 Å². The Bertz CT molecular complexity index is 998. The molecule has 0 saturated heterocycles. The summed E-state index contributed by atoms with van der Waals surface area (Å²) in [4.78, 5) is 19.1. The Labute approximate surface area is 171 Å². The van der Waals surface area contributed by atoms with Gasteiger partial charge in [0, 0.05) is 29.4 Å². The number of nitrogens with two attached hydrogens (primary N) is 1. The van der Waals surface area contributed by atoms with E-state index in [0.717, 1.165) is 35.3 Å². The molecular formula is C24H25N3O2. The third-order valence-electron chi connectivity index (χ3n) is 5.19. The van der Waals surface area contributed by atoms with Crippen molar-refractivity contribution < 1.29 is 9.53 Å². The molecule has 148 valence electrons. The van der Waals surface area contributed by atoms with E-state index < -0.39 is 0 Å². The molecule has 5 heteroatoms. The van der Waals surface area contributed by atoms with Crippen LogP contribution in [0.2, 0.25) is 0 Å². The number of nitrogen functional groups attached to an aromatic ring is 1. The van der Waals surface area contributed by atoms with Crippen LogP contribution in [-0.2, 0) is 13.0 Å². The van der Waals surface area contributed by atoms with Gasteiger partial charge in [-0.3, -0.25) is 4.79 Å². The summed E-state index contributed by atoms with van der Waals surface area (Å²) in [5, 5.41) is 0. The van der Waals surface area contributed by atoms with Gasteiger partial charge in [0.05, 0.1) is 6.54 Å². The molecule has 1 aliphatic heterocycles. The third kappa shape index (κ3) is 4.24. The second-order valence-corrected chi connectivity index (χ2v) is 7.32. The number of rotatable bonds is 4. The molecule has 0 radical (unpaired) electrons. The fourth-order valence-corrected chi connectivity index (χ4v) is 3.61. The highest BCUT2D eigenvalue weighted by Crippen LogP contribution is 2.29. The number of aryl methyl sites for hydroxylation is 1. The molecule has 1 aliphatic rings. The number of hydrogen-bond donors (Lipinski definition) is 1. The fraction of sp³-hybridized carbons (Fsp3) is 0.250. The maximum absolute atomic E-state index is 13.1. The fourth-order valence-electron chi connectivity index (χ4n) is 3.61. The summed E-state index contributed by atoms with van der Waals surface area (Å²) in [5.41, 5.74) is 10.7. The van der Waals surface area contributed by atoms with E-state index >= 15 is 0 Å². The Morgan fingerprint density at radius 2 is 1.90 bits per heavy atom. The molecule has 1 aromatic heterocycles. The van der Waals surface area contributed by atoms with Crippen LogP contribution in [0.4, 0.5) is 5.82 Å². The van der Waals surface area contributed by atoms with E-state index in [1.165, 1.54) is 5.56 Å². The number of benzene rings is 2. The molecule has 0 unspecified atom stereocenters. The van der Waals surface area contributed by atoms with Gasteiger partial charge in [-0.15, -0.1) is 0 Å². The molecule has 0 bridgehead atoms. The van der Waals surface area contributed by atoms with Crippen molar-refractivity contribution in [3.8, 4) is 16.9 Å². The largest absolute Gasteiger partial charge is 0.491 e. The molecule has 2 heterocycles. The number of nitrogens with zero attached hydrogens (tertiary/aromatic N) is 2. The van der Waals surface area contributed by atoms with Gasteiger partial charge in [-0.25, -0.2) is 4.98 Å². The van der Waals surface area contributed by atoms with Gasteiger partial charge in [-0.05, 0) is 53.9 Å². The topological polar surface area (TPSA) is 68.5 Å². The minimum Gasteiger partial charge on any atom is -0.491 e. The smallest absolute Gasteiger partial charge is 0.254 e. The van der Waals surface area contributed by atoms with E-state index in [1.54, 1.807) is 12.3 Å². The van der Waals surface area contributed by atoms with Crippen LogP contribution in [0.5, 0.6) is 5.75 Å². The van der Waals surface area contributed by atoms with Crippen molar-refractivity contribution in [3.05, 3.63) is 77.5 Å². The van der Waals surface area contributed by atoms with Crippen LogP contribution in [0.1, 0.15) is 34.8 Å². The van der Waals surface area contributed by atoms with E-state index in [1.807, 2.05) is 47.4 Å². The number of carbonyl (C=O) groups excluding carboxylic acids is 1. The van der Waals surface area contributed by atoms with E-state index in [4.69, 9.17) is 10.5 Å². The standard InChI is InChI=1S/C24H25N3O2/c1-2-3-17-4-6-18(7-5-17)24(28)27-12-13-29-22-10-8-19(14-21(22)16-27)20-9-11-23(25)26-15-20/h4-11,14-15H,2-3,12-13,16H2,1H3,(H2,25,26). The predicted octanol–water partition coefficient (Wildman–Crippen LogP) is 4.32. The molecular weight excluding hydrogens is 362 g/mol. The highest BCUT2D eigenvalue weighted by molar-refractivity contribution is 5.94. The SMILES string of the molecule is CCCc1ccc(C(=O)N2CCOc3ccc(-c4ccc(N)nc4)cc3C2)cc1. The first-order chi connectivity index (χ1) is 14.1. The zero-order chi connectivity index (χ0) is 20.2. The van der Waals surface area contributed by atoms with Crippen molar-refractivity contribution >= 4 is 11.7 Å².